The van der Waals surface area contributed by atoms with Crippen LogP contribution < -0.4 is 16.6 Å². The predicted molar refractivity (Wildman–Crippen MR) is 78.6 cm³/mol. The Balaban J connectivity index is 5.50. The normalized spacial score (nSPS) is 14.1. The fourth-order valence-corrected chi connectivity index (χ4v) is 2.76. The number of nitrogens with one attached hydrogen (secondary N) is 2. The monoisotopic (exact) mass is 256 g/mol. The predicted octanol–water partition coefficient (Wildman–Crippen LogP) is 2.22. The summed E-state index contributed by atoms with van der Waals surface area (Å²) in [5, 5.41) is 3.17. The highest BCUT2D eigenvalue weighted by atomic mass is 32.2. The van der Waals surface area contributed by atoms with Gasteiger partial charge in [-0.2, -0.15) is 0 Å². The van der Waals surface area contributed by atoms with E-state index in [0.29, 0.717) is 0 Å². The fraction of sp³-hybridized carbons (Fsp3) is 0.583. The number of nitrogens with zero attached hydrogens (tertiary/aromatic N) is 1. The molecular formula is C12H24N4S. The van der Waals surface area contributed by atoms with E-state index in [-0.39, 0.29) is 5.41 Å². The topological polar surface area (TPSA) is 62.4 Å². The summed E-state index contributed by atoms with van der Waals surface area (Å²) in [6.07, 6.45) is 1.77. The van der Waals surface area contributed by atoms with Gasteiger partial charge in [0.05, 0.1) is 0 Å². The highest BCUT2D eigenvalue weighted by molar-refractivity contribution is 8.03. The molecule has 4 nitrogen and oxygen atoms in total. The van der Waals surface area contributed by atoms with Gasteiger partial charge in [-0.05, 0) is 33.2 Å². The van der Waals surface area contributed by atoms with Gasteiger partial charge in [-0.15, -0.1) is 11.8 Å². The van der Waals surface area contributed by atoms with Crippen LogP contribution in [0.3, 0.4) is 0 Å². The molecule has 0 saturated carbocycles. The van der Waals surface area contributed by atoms with E-state index >= 15 is 0 Å². The zero-order valence-electron chi connectivity index (χ0n) is 11.4. The maximum atomic E-state index is 5.36. The van der Waals surface area contributed by atoms with Gasteiger partial charge in [-0.25, -0.2) is 0 Å². The molecule has 0 aliphatic rings. The molecule has 0 saturated heterocycles. The van der Waals surface area contributed by atoms with E-state index in [0.717, 1.165) is 17.1 Å². The van der Waals surface area contributed by atoms with E-state index in [4.69, 9.17) is 5.84 Å². The second-order valence-corrected chi connectivity index (χ2v) is 5.38. The van der Waals surface area contributed by atoms with Crippen LogP contribution in [0.4, 0.5) is 0 Å². The lowest BCUT2D eigenvalue weighted by atomic mass is 9.88. The molecule has 0 aromatic rings. The maximum absolute atomic E-state index is 5.36. The standard InChI is InChI=1S/C12H24N4S/c1-7-17-11(9(2)14-5)12(3,4)10(15-6)8-16-13/h8,15-16H,5,7,13H2,1-4,6H3/b10-8-,11-9-. The maximum Gasteiger partial charge on any atom is 0.0469 e. The number of nitrogens with two attached hydrogens (primary N) is 1. The van der Waals surface area contributed by atoms with Crippen molar-refractivity contribution in [3.8, 4) is 0 Å². The second kappa shape index (κ2) is 7.40. The van der Waals surface area contributed by atoms with Crippen LogP contribution in [0.5, 0.6) is 0 Å². The Bertz CT molecular complexity index is 318. The molecule has 0 aliphatic carbocycles. The lowest BCUT2D eigenvalue weighted by Crippen LogP contribution is -2.29. The molecule has 0 fully saturated rings. The minimum absolute atomic E-state index is 0.174. The zero-order valence-corrected chi connectivity index (χ0v) is 12.2. The third-order valence-electron chi connectivity index (χ3n) is 2.59. The third-order valence-corrected chi connectivity index (χ3v) is 3.98. The molecule has 0 amide bonds. The lowest BCUT2D eigenvalue weighted by molar-refractivity contribution is 0.520. The lowest BCUT2D eigenvalue weighted by Gasteiger charge is -2.31. The number of rotatable bonds is 7. The van der Waals surface area contributed by atoms with Crippen molar-refractivity contribution in [2.75, 3.05) is 12.8 Å². The number of aliphatic imine (C=N–C) groups is 1. The Hall–Kier alpha value is -0.940. The van der Waals surface area contributed by atoms with Gasteiger partial charge >= 0.3 is 0 Å². The van der Waals surface area contributed by atoms with Crippen molar-refractivity contribution in [2.24, 2.45) is 16.3 Å². The molecule has 0 heterocycles. The minimum atomic E-state index is -0.174. The summed E-state index contributed by atoms with van der Waals surface area (Å²) in [6, 6.07) is 0. The third kappa shape index (κ3) is 4.09. The van der Waals surface area contributed by atoms with Crippen molar-refractivity contribution in [1.29, 1.82) is 0 Å². The Labute approximate surface area is 109 Å². The molecule has 0 aromatic heterocycles. The molecule has 4 N–H and O–H groups in total. The van der Waals surface area contributed by atoms with Gasteiger partial charge in [0.2, 0.25) is 0 Å². The molecule has 0 aromatic carbocycles. The molecule has 0 radical (unpaired) electrons. The van der Waals surface area contributed by atoms with Gasteiger partial charge in [0, 0.05) is 35.0 Å². The van der Waals surface area contributed by atoms with E-state index in [2.05, 4.69) is 43.2 Å². The number of thioether (sulfide) groups is 1. The average molecular weight is 256 g/mol. The van der Waals surface area contributed by atoms with Crippen LogP contribution in [0, 0.1) is 5.41 Å². The summed E-state index contributed by atoms with van der Waals surface area (Å²) >= 11 is 1.78. The molecule has 0 atom stereocenters. The summed E-state index contributed by atoms with van der Waals surface area (Å²) in [7, 11) is 1.88. The smallest absolute Gasteiger partial charge is 0.0469 e. The van der Waals surface area contributed by atoms with Crippen molar-refractivity contribution >= 4 is 18.5 Å². The number of hydrogen-bond acceptors (Lipinski definition) is 5. The summed E-state index contributed by atoms with van der Waals surface area (Å²) in [6.45, 7) is 12.0. The van der Waals surface area contributed by atoms with Crippen molar-refractivity contribution in [1.82, 2.24) is 10.7 Å². The highest BCUT2D eigenvalue weighted by Crippen LogP contribution is 2.41. The van der Waals surface area contributed by atoms with Gasteiger partial charge in [-0.1, -0.05) is 6.92 Å². The zero-order chi connectivity index (χ0) is 13.5. The van der Waals surface area contributed by atoms with E-state index < -0.39 is 0 Å². The molecule has 17 heavy (non-hydrogen) atoms. The van der Waals surface area contributed by atoms with E-state index in [1.54, 1.807) is 18.0 Å². The molecule has 0 unspecified atom stereocenters. The van der Waals surface area contributed by atoms with Crippen molar-refractivity contribution < 1.29 is 0 Å². The Morgan fingerprint density at radius 2 is 2.12 bits per heavy atom. The first-order valence-corrected chi connectivity index (χ1v) is 6.59. The number of hydrazine groups is 1. The van der Waals surface area contributed by atoms with Crippen LogP contribution in [-0.2, 0) is 0 Å². The Morgan fingerprint density at radius 1 is 1.53 bits per heavy atom. The molecule has 98 valence electrons. The average Bonchev–Trinajstić information content (AvgIpc) is 2.31. The Morgan fingerprint density at radius 3 is 2.47 bits per heavy atom. The summed E-state index contributed by atoms with van der Waals surface area (Å²) in [4.78, 5) is 5.25. The molecular weight excluding hydrogens is 232 g/mol. The molecule has 0 rings (SSSR count). The molecule has 5 heteroatoms. The largest absolute Gasteiger partial charge is 0.389 e. The van der Waals surface area contributed by atoms with E-state index in [1.165, 1.54) is 4.91 Å². The SMILES string of the molecule is C=N/C(C)=C(\SCC)C(C)(C)/C(=C/NN)NC. The van der Waals surface area contributed by atoms with Gasteiger partial charge in [0.25, 0.3) is 0 Å². The van der Waals surface area contributed by atoms with Crippen molar-refractivity contribution in [2.45, 2.75) is 27.7 Å². The highest BCUT2D eigenvalue weighted by Gasteiger charge is 2.29. The quantitative estimate of drug-likeness (QED) is 0.371. The fourth-order valence-electron chi connectivity index (χ4n) is 1.72. The molecule has 0 aliphatic heterocycles. The first kappa shape index (κ1) is 16.1. The summed E-state index contributed by atoms with van der Waals surface area (Å²) in [5.74, 6) is 6.36. The van der Waals surface area contributed by atoms with Crippen molar-refractivity contribution in [3.63, 3.8) is 0 Å². The molecule has 0 bridgehead atoms. The van der Waals surface area contributed by atoms with Crippen LogP contribution in [0.1, 0.15) is 27.7 Å². The molecule has 0 spiro atoms. The van der Waals surface area contributed by atoms with Crippen LogP contribution in [0.2, 0.25) is 0 Å². The van der Waals surface area contributed by atoms with Crippen LogP contribution in [0.25, 0.3) is 0 Å². The summed E-state index contributed by atoms with van der Waals surface area (Å²) in [5.41, 5.74) is 4.37. The second-order valence-electron chi connectivity index (χ2n) is 4.11. The van der Waals surface area contributed by atoms with Gasteiger partial charge in [-0.3, -0.25) is 10.8 Å². The minimum Gasteiger partial charge on any atom is -0.389 e. The van der Waals surface area contributed by atoms with Gasteiger partial charge in [0.15, 0.2) is 0 Å². The first-order valence-electron chi connectivity index (χ1n) is 5.61. The van der Waals surface area contributed by atoms with Gasteiger partial charge < -0.3 is 10.7 Å². The van der Waals surface area contributed by atoms with Crippen LogP contribution in [-0.4, -0.2) is 19.5 Å². The van der Waals surface area contributed by atoms with Gasteiger partial charge in [0.1, 0.15) is 0 Å². The first-order chi connectivity index (χ1) is 7.95. The van der Waals surface area contributed by atoms with Crippen molar-refractivity contribution in [3.05, 3.63) is 22.5 Å². The van der Waals surface area contributed by atoms with Crippen LogP contribution in [0.15, 0.2) is 27.5 Å². The summed E-state index contributed by atoms with van der Waals surface area (Å²) < 4.78 is 0. The number of allylic oxidation sites excluding steroid dienone is 2. The van der Waals surface area contributed by atoms with E-state index in [1.807, 2.05) is 14.0 Å². The van der Waals surface area contributed by atoms with E-state index in [9.17, 15) is 0 Å². The number of hydrogen-bond donors (Lipinski definition) is 3. The van der Waals surface area contributed by atoms with Crippen LogP contribution >= 0.6 is 11.8 Å². The Kier molecular flexibility index (Phi) is 6.99.